The van der Waals surface area contributed by atoms with E-state index in [-0.39, 0.29) is 12.0 Å². The summed E-state index contributed by atoms with van der Waals surface area (Å²) in [5.74, 6) is 0.145. The zero-order valence-electron chi connectivity index (χ0n) is 11.3. The Morgan fingerprint density at radius 2 is 1.72 bits per heavy atom. The van der Waals surface area contributed by atoms with Crippen LogP contribution in [0.3, 0.4) is 0 Å². The first-order valence-corrected chi connectivity index (χ1v) is 7.34. The van der Waals surface area contributed by atoms with Crippen LogP contribution < -0.4 is 0 Å². The minimum atomic E-state index is -0.391. The average molecular weight is 390 g/mol. The van der Waals surface area contributed by atoms with Crippen LogP contribution in [0.25, 0.3) is 0 Å². The van der Waals surface area contributed by atoms with Crippen LogP contribution >= 0.6 is 31.9 Å². The van der Waals surface area contributed by atoms with Crippen molar-refractivity contribution in [2.75, 3.05) is 34.5 Å². The Bertz CT molecular complexity index is 228. The van der Waals surface area contributed by atoms with E-state index in [4.69, 9.17) is 18.9 Å². The number of rotatable bonds is 10. The number of hydrogen-bond acceptors (Lipinski definition) is 4. The second-order valence-electron chi connectivity index (χ2n) is 3.84. The summed E-state index contributed by atoms with van der Waals surface area (Å²) >= 11 is 6.70. The number of methoxy groups -OCH3 is 3. The molecule has 0 aliphatic heterocycles. The molecule has 0 rings (SSSR count). The van der Waals surface area contributed by atoms with Gasteiger partial charge >= 0.3 is 0 Å². The average Bonchev–Trinajstić information content (AvgIpc) is 2.32. The van der Waals surface area contributed by atoms with E-state index in [0.717, 1.165) is 9.81 Å². The zero-order valence-corrected chi connectivity index (χ0v) is 14.5. The van der Waals surface area contributed by atoms with Gasteiger partial charge in [-0.25, -0.2) is 0 Å². The Morgan fingerprint density at radius 1 is 1.11 bits per heavy atom. The van der Waals surface area contributed by atoms with E-state index >= 15 is 0 Å². The van der Waals surface area contributed by atoms with Gasteiger partial charge in [0.1, 0.15) is 6.10 Å². The Labute approximate surface area is 126 Å². The van der Waals surface area contributed by atoms with Crippen LogP contribution in [-0.2, 0) is 18.9 Å². The van der Waals surface area contributed by atoms with Crippen molar-refractivity contribution in [2.24, 2.45) is 5.92 Å². The molecule has 108 valence electrons. The monoisotopic (exact) mass is 388 g/mol. The first-order valence-electron chi connectivity index (χ1n) is 5.75. The Hall–Kier alpha value is 0.540. The molecule has 0 bridgehead atoms. The van der Waals surface area contributed by atoms with E-state index in [0.29, 0.717) is 13.2 Å². The van der Waals surface area contributed by atoms with Gasteiger partial charge in [0.2, 0.25) is 0 Å². The molecule has 0 saturated heterocycles. The number of halogens is 2. The normalized spacial score (nSPS) is 14.6. The van der Waals surface area contributed by atoms with Gasteiger partial charge in [0.15, 0.2) is 6.29 Å². The molecule has 0 radical (unpaired) electrons. The van der Waals surface area contributed by atoms with Gasteiger partial charge in [-0.1, -0.05) is 13.0 Å². The fourth-order valence-corrected chi connectivity index (χ4v) is 2.39. The molecule has 0 aromatic heterocycles. The molecule has 4 nitrogen and oxygen atoms in total. The zero-order chi connectivity index (χ0) is 14.0. The maximum absolute atomic E-state index is 5.83. The van der Waals surface area contributed by atoms with E-state index in [1.54, 1.807) is 21.3 Å². The molecular formula is C12H22Br2O4. The highest BCUT2D eigenvalue weighted by atomic mass is 79.9. The molecule has 18 heavy (non-hydrogen) atoms. The molecule has 0 amide bonds. The summed E-state index contributed by atoms with van der Waals surface area (Å²) in [6.45, 7) is 3.35. The van der Waals surface area contributed by atoms with E-state index < -0.39 is 6.29 Å². The number of hydrogen-bond donors (Lipinski definition) is 0. The van der Waals surface area contributed by atoms with Crippen molar-refractivity contribution in [1.82, 2.24) is 0 Å². The Morgan fingerprint density at radius 3 is 2.17 bits per heavy atom. The predicted octanol–water partition coefficient (Wildman–Crippen LogP) is 3.29. The summed E-state index contributed by atoms with van der Waals surface area (Å²) < 4.78 is 22.3. The van der Waals surface area contributed by atoms with Crippen LogP contribution in [0, 0.1) is 5.92 Å². The van der Waals surface area contributed by atoms with Gasteiger partial charge in [-0.05, 0) is 38.3 Å². The largest absolute Gasteiger partial charge is 0.385 e. The predicted molar refractivity (Wildman–Crippen MR) is 79.1 cm³/mol. The quantitative estimate of drug-likeness (QED) is 0.424. The van der Waals surface area contributed by atoms with Gasteiger partial charge in [0.05, 0.1) is 3.39 Å². The summed E-state index contributed by atoms with van der Waals surface area (Å²) in [6, 6.07) is 0. The second kappa shape index (κ2) is 11.4. The van der Waals surface area contributed by atoms with E-state index in [9.17, 15) is 0 Å². The molecule has 0 aromatic carbocycles. The number of ether oxygens (including phenoxy) is 4. The lowest BCUT2D eigenvalue weighted by molar-refractivity contribution is -0.190. The van der Waals surface area contributed by atoms with Crippen LogP contribution in [0.5, 0.6) is 0 Å². The van der Waals surface area contributed by atoms with Crippen molar-refractivity contribution in [3.63, 3.8) is 0 Å². The molecule has 0 N–H and O–H groups in total. The van der Waals surface area contributed by atoms with Crippen molar-refractivity contribution in [3.8, 4) is 0 Å². The summed E-state index contributed by atoms with van der Waals surface area (Å²) in [4.78, 5) is 0. The van der Waals surface area contributed by atoms with E-state index in [2.05, 4.69) is 38.8 Å². The van der Waals surface area contributed by atoms with Crippen LogP contribution in [-0.4, -0.2) is 46.9 Å². The molecule has 6 heteroatoms. The van der Waals surface area contributed by atoms with Gasteiger partial charge in [-0.15, -0.1) is 0 Å². The maximum Gasteiger partial charge on any atom is 0.183 e. The fourth-order valence-electron chi connectivity index (χ4n) is 1.56. The molecule has 0 saturated carbocycles. The molecule has 2 unspecified atom stereocenters. The molecule has 0 fully saturated rings. The Kier molecular flexibility index (Phi) is 11.7. The Balaban J connectivity index is 4.45. The van der Waals surface area contributed by atoms with Crippen molar-refractivity contribution in [1.29, 1.82) is 0 Å². The van der Waals surface area contributed by atoms with Crippen molar-refractivity contribution < 1.29 is 18.9 Å². The van der Waals surface area contributed by atoms with Crippen molar-refractivity contribution >= 4 is 31.9 Å². The minimum absolute atomic E-state index is 0.145. The third-order valence-corrected chi connectivity index (χ3v) is 2.97. The lowest BCUT2D eigenvalue weighted by atomic mass is 10.0. The molecule has 2 atom stereocenters. The highest BCUT2D eigenvalue weighted by Crippen LogP contribution is 2.22. The van der Waals surface area contributed by atoms with Crippen molar-refractivity contribution in [2.45, 2.75) is 25.7 Å². The van der Waals surface area contributed by atoms with Gasteiger partial charge in [0, 0.05) is 40.5 Å². The molecule has 0 aliphatic rings. The molecule has 0 aliphatic carbocycles. The van der Waals surface area contributed by atoms with Crippen LogP contribution in [0.4, 0.5) is 0 Å². The van der Waals surface area contributed by atoms with Gasteiger partial charge in [-0.2, -0.15) is 0 Å². The van der Waals surface area contributed by atoms with E-state index in [1.807, 2.05) is 6.08 Å². The van der Waals surface area contributed by atoms with Gasteiger partial charge in [0.25, 0.3) is 0 Å². The summed E-state index contributed by atoms with van der Waals surface area (Å²) in [5, 5.41) is 0. The van der Waals surface area contributed by atoms with Crippen LogP contribution in [0.2, 0.25) is 0 Å². The lowest BCUT2D eigenvalue weighted by Gasteiger charge is -2.28. The lowest BCUT2D eigenvalue weighted by Crippen LogP contribution is -2.37. The first-order chi connectivity index (χ1) is 8.56. The van der Waals surface area contributed by atoms with E-state index in [1.165, 1.54) is 0 Å². The van der Waals surface area contributed by atoms with Crippen LogP contribution in [0.15, 0.2) is 9.47 Å². The molecule has 0 spiro atoms. The van der Waals surface area contributed by atoms with Crippen LogP contribution in [0.1, 0.15) is 13.3 Å². The smallest absolute Gasteiger partial charge is 0.183 e. The summed E-state index contributed by atoms with van der Waals surface area (Å²) in [5.41, 5.74) is 0. The third kappa shape index (κ3) is 7.86. The van der Waals surface area contributed by atoms with Gasteiger partial charge < -0.3 is 18.9 Å². The molecule has 0 aromatic rings. The third-order valence-electron chi connectivity index (χ3n) is 2.44. The standard InChI is InChI=1S/C12H22Br2O4/c1-9(8-10(13)14)11(12(16-3)17-4)18-7-5-6-15-2/h8-9,11-12H,5-7H2,1-4H3. The summed E-state index contributed by atoms with van der Waals surface area (Å²) in [6.07, 6.45) is 2.30. The topological polar surface area (TPSA) is 36.9 Å². The first kappa shape index (κ1) is 18.5. The minimum Gasteiger partial charge on any atom is -0.385 e. The van der Waals surface area contributed by atoms with Gasteiger partial charge in [-0.3, -0.25) is 0 Å². The maximum atomic E-state index is 5.83. The highest BCUT2D eigenvalue weighted by Gasteiger charge is 2.26. The molecule has 0 heterocycles. The second-order valence-corrected chi connectivity index (χ2v) is 6.61. The summed E-state index contributed by atoms with van der Waals surface area (Å²) in [7, 11) is 4.90. The SMILES string of the molecule is COCCCOC(C(C)C=C(Br)Br)C(OC)OC. The van der Waals surface area contributed by atoms with Crippen molar-refractivity contribution in [3.05, 3.63) is 9.47 Å². The highest BCUT2D eigenvalue weighted by molar-refractivity contribution is 9.28. The molecular weight excluding hydrogens is 368 g/mol. The fraction of sp³-hybridized carbons (Fsp3) is 0.833.